The molecule has 10 heteroatoms. The number of aromatic amines is 1. The SMILES string of the molecule is O=C(Nc1ncc(C(F)(F)F)[nH]1)C1NNNC1c1ccccc1. The van der Waals surface area contributed by atoms with Crippen LogP contribution in [0, 0.1) is 0 Å². The molecule has 0 radical (unpaired) electrons. The lowest BCUT2D eigenvalue weighted by Gasteiger charge is -2.17. The molecule has 1 aliphatic heterocycles. The van der Waals surface area contributed by atoms with Gasteiger partial charge in [-0.3, -0.25) is 10.1 Å². The van der Waals surface area contributed by atoms with Gasteiger partial charge in [0.1, 0.15) is 11.7 Å². The Morgan fingerprint density at radius 1 is 1.17 bits per heavy atom. The summed E-state index contributed by atoms with van der Waals surface area (Å²) in [5.41, 5.74) is 8.08. The molecule has 1 saturated heterocycles. The Kier molecular flexibility index (Phi) is 4.03. The van der Waals surface area contributed by atoms with Gasteiger partial charge in [0.05, 0.1) is 12.2 Å². The highest BCUT2D eigenvalue weighted by molar-refractivity contribution is 5.94. The van der Waals surface area contributed by atoms with Crippen LogP contribution in [0.3, 0.4) is 0 Å². The van der Waals surface area contributed by atoms with Crippen LogP contribution in [0.15, 0.2) is 36.5 Å². The molecule has 1 aromatic heterocycles. The van der Waals surface area contributed by atoms with Crippen molar-refractivity contribution in [3.63, 3.8) is 0 Å². The zero-order chi connectivity index (χ0) is 16.4. The van der Waals surface area contributed by atoms with Gasteiger partial charge >= 0.3 is 6.18 Å². The zero-order valence-corrected chi connectivity index (χ0v) is 11.6. The van der Waals surface area contributed by atoms with E-state index in [0.717, 1.165) is 5.56 Å². The first-order valence-electron chi connectivity index (χ1n) is 6.69. The second kappa shape index (κ2) is 5.99. The van der Waals surface area contributed by atoms with Gasteiger partial charge < -0.3 is 4.98 Å². The predicted molar refractivity (Wildman–Crippen MR) is 74.6 cm³/mol. The quantitative estimate of drug-likeness (QED) is 0.582. The molecule has 122 valence electrons. The number of rotatable bonds is 3. The number of aromatic nitrogens is 2. The number of H-pyrrole nitrogens is 1. The third kappa shape index (κ3) is 3.33. The average Bonchev–Trinajstić information content (AvgIpc) is 3.16. The predicted octanol–water partition coefficient (Wildman–Crippen LogP) is 1.09. The van der Waals surface area contributed by atoms with E-state index in [1.807, 2.05) is 35.3 Å². The van der Waals surface area contributed by atoms with E-state index in [4.69, 9.17) is 0 Å². The van der Waals surface area contributed by atoms with Crippen LogP contribution in [0.25, 0.3) is 0 Å². The minimum atomic E-state index is -4.54. The lowest BCUT2D eigenvalue weighted by atomic mass is 10.0. The minimum Gasteiger partial charge on any atom is -0.320 e. The number of amides is 1. The molecule has 2 unspecified atom stereocenters. The average molecular weight is 326 g/mol. The number of benzene rings is 1. The first-order valence-corrected chi connectivity index (χ1v) is 6.69. The van der Waals surface area contributed by atoms with Crippen molar-refractivity contribution in [2.24, 2.45) is 0 Å². The minimum absolute atomic E-state index is 0.261. The van der Waals surface area contributed by atoms with E-state index in [9.17, 15) is 18.0 Å². The fourth-order valence-corrected chi connectivity index (χ4v) is 2.24. The normalized spacial score (nSPS) is 21.3. The molecule has 1 amide bonds. The van der Waals surface area contributed by atoms with Gasteiger partial charge in [-0.25, -0.2) is 15.8 Å². The van der Waals surface area contributed by atoms with Crippen LogP contribution in [0.5, 0.6) is 0 Å². The Bertz CT molecular complexity index is 687. The molecule has 0 aliphatic carbocycles. The second-order valence-electron chi connectivity index (χ2n) is 4.91. The molecular weight excluding hydrogens is 313 g/mol. The Morgan fingerprint density at radius 2 is 1.91 bits per heavy atom. The van der Waals surface area contributed by atoms with Crippen molar-refractivity contribution in [1.82, 2.24) is 26.4 Å². The summed E-state index contributed by atoms with van der Waals surface area (Å²) in [4.78, 5) is 17.8. The number of halogens is 3. The van der Waals surface area contributed by atoms with Crippen molar-refractivity contribution in [1.29, 1.82) is 0 Å². The molecule has 0 bridgehead atoms. The molecule has 1 fully saturated rings. The fraction of sp³-hybridized carbons (Fsp3) is 0.231. The number of hydrazine groups is 2. The maximum Gasteiger partial charge on any atom is 0.432 e. The standard InChI is InChI=1S/C13H13F3N6O/c14-13(15,16)8-6-17-12(18-8)19-11(23)10-9(20-22-21-10)7-4-2-1-3-5-7/h1-6,9-10,20-22H,(H2,17,18,19,23). The second-order valence-corrected chi connectivity index (χ2v) is 4.91. The maximum absolute atomic E-state index is 12.5. The van der Waals surface area contributed by atoms with E-state index in [2.05, 4.69) is 26.7 Å². The molecule has 1 aliphatic rings. The maximum atomic E-state index is 12.5. The van der Waals surface area contributed by atoms with Crippen LogP contribution in [0.2, 0.25) is 0 Å². The van der Waals surface area contributed by atoms with Crippen LogP contribution in [0.1, 0.15) is 17.3 Å². The first kappa shape index (κ1) is 15.5. The molecule has 2 atom stereocenters. The third-order valence-electron chi connectivity index (χ3n) is 3.35. The molecule has 3 rings (SSSR count). The number of hydrogen-bond donors (Lipinski definition) is 5. The highest BCUT2D eigenvalue weighted by Gasteiger charge is 2.36. The first-order chi connectivity index (χ1) is 10.9. The van der Waals surface area contributed by atoms with Crippen LogP contribution in [0.4, 0.5) is 19.1 Å². The summed E-state index contributed by atoms with van der Waals surface area (Å²) in [5.74, 6) is -0.790. The van der Waals surface area contributed by atoms with Gasteiger partial charge in [-0.05, 0) is 5.56 Å². The number of nitrogens with one attached hydrogen (secondary N) is 5. The lowest BCUT2D eigenvalue weighted by Crippen LogP contribution is -2.41. The van der Waals surface area contributed by atoms with Gasteiger partial charge in [0.2, 0.25) is 11.9 Å². The molecule has 1 aromatic carbocycles. The van der Waals surface area contributed by atoms with Gasteiger partial charge in [-0.15, -0.1) is 0 Å². The van der Waals surface area contributed by atoms with Gasteiger partial charge in [-0.1, -0.05) is 30.3 Å². The van der Waals surface area contributed by atoms with Crippen LogP contribution < -0.4 is 21.7 Å². The summed E-state index contributed by atoms with van der Waals surface area (Å²) in [7, 11) is 0. The number of hydrogen-bond acceptors (Lipinski definition) is 5. The lowest BCUT2D eigenvalue weighted by molar-refractivity contribution is -0.140. The monoisotopic (exact) mass is 326 g/mol. The number of imidazole rings is 1. The highest BCUT2D eigenvalue weighted by Crippen LogP contribution is 2.28. The summed E-state index contributed by atoms with van der Waals surface area (Å²) in [6.45, 7) is 0. The zero-order valence-electron chi connectivity index (χ0n) is 11.6. The van der Waals surface area contributed by atoms with E-state index >= 15 is 0 Å². The largest absolute Gasteiger partial charge is 0.432 e. The molecule has 0 spiro atoms. The summed E-state index contributed by atoms with van der Waals surface area (Å²) in [5, 5.41) is 2.33. The molecule has 23 heavy (non-hydrogen) atoms. The van der Waals surface area contributed by atoms with Gasteiger partial charge in [0, 0.05) is 0 Å². The van der Waals surface area contributed by atoms with E-state index in [0.29, 0.717) is 6.20 Å². The van der Waals surface area contributed by atoms with Crippen LogP contribution >= 0.6 is 0 Å². The Morgan fingerprint density at radius 3 is 2.57 bits per heavy atom. The molecule has 5 N–H and O–H groups in total. The van der Waals surface area contributed by atoms with Gasteiger partial charge in [0.25, 0.3) is 0 Å². The molecule has 2 aromatic rings. The van der Waals surface area contributed by atoms with Crippen molar-refractivity contribution in [2.75, 3.05) is 5.32 Å². The number of carbonyl (C=O) groups is 1. The van der Waals surface area contributed by atoms with Crippen molar-refractivity contribution in [2.45, 2.75) is 18.3 Å². The molecule has 2 heterocycles. The van der Waals surface area contributed by atoms with Crippen molar-refractivity contribution < 1.29 is 18.0 Å². The Balaban J connectivity index is 1.71. The number of carbonyl (C=O) groups excluding carboxylic acids is 1. The van der Waals surface area contributed by atoms with Crippen molar-refractivity contribution in [3.05, 3.63) is 47.8 Å². The van der Waals surface area contributed by atoms with Crippen molar-refractivity contribution in [3.8, 4) is 0 Å². The summed E-state index contributed by atoms with van der Waals surface area (Å²) >= 11 is 0. The smallest absolute Gasteiger partial charge is 0.320 e. The summed E-state index contributed by atoms with van der Waals surface area (Å²) < 4.78 is 37.5. The molecule has 7 nitrogen and oxygen atoms in total. The number of nitrogens with zero attached hydrogens (tertiary/aromatic N) is 1. The topological polar surface area (TPSA) is 93.9 Å². The van der Waals surface area contributed by atoms with Crippen LogP contribution in [-0.2, 0) is 11.0 Å². The van der Waals surface area contributed by atoms with Gasteiger partial charge in [0.15, 0.2) is 0 Å². The van der Waals surface area contributed by atoms with E-state index in [-0.39, 0.29) is 12.0 Å². The number of alkyl halides is 3. The fourth-order valence-electron chi connectivity index (χ4n) is 2.24. The van der Waals surface area contributed by atoms with Crippen molar-refractivity contribution >= 4 is 11.9 Å². The van der Waals surface area contributed by atoms with Crippen LogP contribution in [-0.4, -0.2) is 21.9 Å². The number of anilines is 1. The Hall–Kier alpha value is -2.43. The van der Waals surface area contributed by atoms with Gasteiger partial charge in [-0.2, -0.15) is 18.7 Å². The van der Waals surface area contributed by atoms with E-state index < -0.39 is 23.8 Å². The summed E-state index contributed by atoms with van der Waals surface area (Å²) in [6, 6.07) is 8.06. The summed E-state index contributed by atoms with van der Waals surface area (Å²) in [6.07, 6.45) is -3.92. The van der Waals surface area contributed by atoms with E-state index in [1.165, 1.54) is 0 Å². The highest BCUT2D eigenvalue weighted by atomic mass is 19.4. The molecular formula is C13H13F3N6O. The Labute approximate surface area is 128 Å². The molecule has 0 saturated carbocycles. The third-order valence-corrected chi connectivity index (χ3v) is 3.35. The van der Waals surface area contributed by atoms with E-state index in [1.54, 1.807) is 0 Å².